The van der Waals surface area contributed by atoms with Crippen LogP contribution in [0.3, 0.4) is 0 Å². The Labute approximate surface area is 79.7 Å². The van der Waals surface area contributed by atoms with E-state index in [1.165, 1.54) is 6.42 Å². The van der Waals surface area contributed by atoms with Gasteiger partial charge < -0.3 is 10.0 Å². The molecule has 0 bridgehead atoms. The van der Waals surface area contributed by atoms with Crippen LogP contribution in [0.15, 0.2) is 0 Å². The number of amides is 1. The van der Waals surface area contributed by atoms with Gasteiger partial charge in [0.25, 0.3) is 0 Å². The summed E-state index contributed by atoms with van der Waals surface area (Å²) in [5.41, 5.74) is 0. The molecule has 1 aliphatic heterocycles. The molecule has 76 valence electrons. The van der Waals surface area contributed by atoms with Crippen LogP contribution in [-0.2, 0) is 0 Å². The number of carbonyl (C=O) groups is 1. The summed E-state index contributed by atoms with van der Waals surface area (Å²) in [5.74, 6) is 0. The van der Waals surface area contributed by atoms with E-state index in [9.17, 15) is 4.79 Å². The van der Waals surface area contributed by atoms with Gasteiger partial charge in [0.15, 0.2) is 0 Å². The fourth-order valence-corrected chi connectivity index (χ4v) is 1.99. The van der Waals surface area contributed by atoms with Gasteiger partial charge in [-0.1, -0.05) is 19.8 Å². The van der Waals surface area contributed by atoms with Crippen molar-refractivity contribution >= 4 is 6.09 Å². The summed E-state index contributed by atoms with van der Waals surface area (Å²) < 4.78 is 0. The normalized spacial score (nSPS) is 23.2. The lowest BCUT2D eigenvalue weighted by atomic mass is 9.98. The molecule has 0 aliphatic carbocycles. The second-order valence-electron chi connectivity index (χ2n) is 3.77. The molecule has 1 atom stereocenters. The highest BCUT2D eigenvalue weighted by atomic mass is 16.4. The van der Waals surface area contributed by atoms with Crippen molar-refractivity contribution in [3.63, 3.8) is 0 Å². The van der Waals surface area contributed by atoms with E-state index in [0.717, 1.165) is 38.6 Å². The fraction of sp³-hybridized carbons (Fsp3) is 0.900. The molecule has 1 unspecified atom stereocenters. The Hall–Kier alpha value is -0.730. The van der Waals surface area contributed by atoms with Gasteiger partial charge in [0.1, 0.15) is 0 Å². The van der Waals surface area contributed by atoms with E-state index in [1.54, 1.807) is 4.90 Å². The Kier molecular flexibility index (Phi) is 4.06. The highest BCUT2D eigenvalue weighted by Gasteiger charge is 2.25. The van der Waals surface area contributed by atoms with Crippen LogP contribution in [0.2, 0.25) is 0 Å². The standard InChI is InChI=1S/C10H19NO2/c1-2-3-6-9-7-4-5-8-11(9)10(12)13/h9H,2-8H2,1H3,(H,12,13). The maximum atomic E-state index is 10.9. The minimum absolute atomic E-state index is 0.297. The van der Waals surface area contributed by atoms with Gasteiger partial charge in [-0.15, -0.1) is 0 Å². The van der Waals surface area contributed by atoms with Crippen LogP contribution < -0.4 is 0 Å². The van der Waals surface area contributed by atoms with Gasteiger partial charge in [-0.05, 0) is 25.7 Å². The molecule has 3 nitrogen and oxygen atoms in total. The summed E-state index contributed by atoms with van der Waals surface area (Å²) >= 11 is 0. The zero-order valence-electron chi connectivity index (χ0n) is 8.33. The average molecular weight is 185 g/mol. The smallest absolute Gasteiger partial charge is 0.407 e. The molecule has 13 heavy (non-hydrogen) atoms. The van der Waals surface area contributed by atoms with Crippen LogP contribution in [0, 0.1) is 0 Å². The van der Waals surface area contributed by atoms with Gasteiger partial charge in [0.2, 0.25) is 0 Å². The number of rotatable bonds is 3. The SMILES string of the molecule is CCCCC1CCCCN1C(=O)O. The maximum Gasteiger partial charge on any atom is 0.407 e. The minimum Gasteiger partial charge on any atom is -0.465 e. The van der Waals surface area contributed by atoms with Gasteiger partial charge in [-0.2, -0.15) is 0 Å². The fourth-order valence-electron chi connectivity index (χ4n) is 1.99. The quantitative estimate of drug-likeness (QED) is 0.734. The number of hydrogen-bond donors (Lipinski definition) is 1. The molecule has 0 saturated carbocycles. The largest absolute Gasteiger partial charge is 0.465 e. The van der Waals surface area contributed by atoms with E-state index >= 15 is 0 Å². The van der Waals surface area contributed by atoms with E-state index in [4.69, 9.17) is 5.11 Å². The van der Waals surface area contributed by atoms with E-state index in [0.29, 0.717) is 6.04 Å². The minimum atomic E-state index is -0.735. The average Bonchev–Trinajstić information content (AvgIpc) is 2.15. The zero-order chi connectivity index (χ0) is 9.68. The molecule has 3 heteroatoms. The van der Waals surface area contributed by atoms with Crippen LogP contribution in [-0.4, -0.2) is 28.7 Å². The zero-order valence-corrected chi connectivity index (χ0v) is 8.33. The third-order valence-electron chi connectivity index (χ3n) is 2.76. The number of likely N-dealkylation sites (tertiary alicyclic amines) is 1. The number of hydrogen-bond acceptors (Lipinski definition) is 1. The van der Waals surface area contributed by atoms with Crippen molar-refractivity contribution in [2.24, 2.45) is 0 Å². The van der Waals surface area contributed by atoms with Gasteiger partial charge in [-0.25, -0.2) is 4.79 Å². The first kappa shape index (κ1) is 10.4. The van der Waals surface area contributed by atoms with Gasteiger partial charge in [-0.3, -0.25) is 0 Å². The molecular formula is C10H19NO2. The van der Waals surface area contributed by atoms with E-state index in [-0.39, 0.29) is 0 Å². The van der Waals surface area contributed by atoms with Crippen molar-refractivity contribution < 1.29 is 9.90 Å². The summed E-state index contributed by atoms with van der Waals surface area (Å²) in [6.07, 6.45) is 5.90. The van der Waals surface area contributed by atoms with E-state index in [2.05, 4.69) is 6.92 Å². The molecule has 1 aliphatic rings. The van der Waals surface area contributed by atoms with Crippen molar-refractivity contribution in [1.82, 2.24) is 4.90 Å². The molecule has 1 amide bonds. The molecule has 0 spiro atoms. The Bertz CT molecular complexity index is 170. The lowest BCUT2D eigenvalue weighted by molar-refractivity contribution is 0.102. The molecule has 1 fully saturated rings. The Balaban J connectivity index is 2.41. The van der Waals surface area contributed by atoms with Crippen LogP contribution in [0.4, 0.5) is 4.79 Å². The summed E-state index contributed by atoms with van der Waals surface area (Å²) in [4.78, 5) is 12.5. The molecule has 1 heterocycles. The summed E-state index contributed by atoms with van der Waals surface area (Å²) in [7, 11) is 0. The first-order valence-electron chi connectivity index (χ1n) is 5.25. The molecule has 0 aromatic rings. The highest BCUT2D eigenvalue weighted by molar-refractivity contribution is 5.65. The third-order valence-corrected chi connectivity index (χ3v) is 2.76. The van der Waals surface area contributed by atoms with Crippen molar-refractivity contribution in [1.29, 1.82) is 0 Å². The lowest BCUT2D eigenvalue weighted by Crippen LogP contribution is -2.42. The number of carboxylic acid groups (broad SMARTS) is 1. The maximum absolute atomic E-state index is 10.9. The molecule has 1 saturated heterocycles. The summed E-state index contributed by atoms with van der Waals surface area (Å²) in [6.45, 7) is 2.89. The van der Waals surface area contributed by atoms with E-state index in [1.807, 2.05) is 0 Å². The van der Waals surface area contributed by atoms with Crippen molar-refractivity contribution in [2.75, 3.05) is 6.54 Å². The molecule has 1 rings (SSSR count). The monoisotopic (exact) mass is 185 g/mol. The second-order valence-corrected chi connectivity index (χ2v) is 3.77. The van der Waals surface area contributed by atoms with Crippen molar-refractivity contribution in [3.05, 3.63) is 0 Å². The van der Waals surface area contributed by atoms with E-state index < -0.39 is 6.09 Å². The molecule has 0 aromatic carbocycles. The van der Waals surface area contributed by atoms with Gasteiger partial charge in [0, 0.05) is 12.6 Å². The third kappa shape index (κ3) is 2.90. The predicted molar refractivity (Wildman–Crippen MR) is 51.9 cm³/mol. The van der Waals surface area contributed by atoms with Crippen LogP contribution in [0.1, 0.15) is 45.4 Å². The predicted octanol–water partition coefficient (Wildman–Crippen LogP) is 2.71. The van der Waals surface area contributed by atoms with Crippen LogP contribution >= 0.6 is 0 Å². The van der Waals surface area contributed by atoms with Crippen LogP contribution in [0.25, 0.3) is 0 Å². The topological polar surface area (TPSA) is 40.5 Å². The molecular weight excluding hydrogens is 166 g/mol. The number of unbranched alkanes of at least 4 members (excludes halogenated alkanes) is 1. The molecule has 1 N–H and O–H groups in total. The first-order chi connectivity index (χ1) is 6.25. The molecule has 0 aromatic heterocycles. The van der Waals surface area contributed by atoms with Crippen LogP contribution in [0.5, 0.6) is 0 Å². The Morgan fingerprint density at radius 2 is 2.31 bits per heavy atom. The number of piperidine rings is 1. The lowest BCUT2D eigenvalue weighted by Gasteiger charge is -2.33. The highest BCUT2D eigenvalue weighted by Crippen LogP contribution is 2.21. The Morgan fingerprint density at radius 3 is 2.92 bits per heavy atom. The number of nitrogens with zero attached hydrogens (tertiary/aromatic N) is 1. The second kappa shape index (κ2) is 5.10. The van der Waals surface area contributed by atoms with Gasteiger partial charge >= 0.3 is 6.09 Å². The summed E-state index contributed by atoms with van der Waals surface area (Å²) in [5, 5.41) is 8.93. The Morgan fingerprint density at radius 1 is 1.54 bits per heavy atom. The van der Waals surface area contributed by atoms with Gasteiger partial charge in [0.05, 0.1) is 0 Å². The molecule has 0 radical (unpaired) electrons. The van der Waals surface area contributed by atoms with Crippen molar-refractivity contribution in [3.8, 4) is 0 Å². The summed E-state index contributed by atoms with van der Waals surface area (Å²) in [6, 6.07) is 0.297. The van der Waals surface area contributed by atoms with Crippen molar-refractivity contribution in [2.45, 2.75) is 51.5 Å². The first-order valence-corrected chi connectivity index (χ1v) is 5.25.